The lowest BCUT2D eigenvalue weighted by atomic mass is 10.0. The largest absolute Gasteiger partial charge is 0.372 e. The van der Waals surface area contributed by atoms with Crippen LogP contribution in [0.4, 0.5) is 5.69 Å². The molecule has 0 unspecified atom stereocenters. The normalized spacial score (nSPS) is 11.1. The van der Waals surface area contributed by atoms with Crippen molar-refractivity contribution in [3.63, 3.8) is 0 Å². The van der Waals surface area contributed by atoms with Crippen LogP contribution in [0.1, 0.15) is 29.8 Å². The number of nitrogens with zero attached hydrogens (tertiary/aromatic N) is 1. The van der Waals surface area contributed by atoms with Crippen molar-refractivity contribution in [2.24, 2.45) is 0 Å². The molecule has 0 spiro atoms. The van der Waals surface area contributed by atoms with Crippen molar-refractivity contribution in [3.05, 3.63) is 83.9 Å². The summed E-state index contributed by atoms with van der Waals surface area (Å²) < 4.78 is 0. The predicted octanol–water partition coefficient (Wildman–Crippen LogP) is 5.58. The highest BCUT2D eigenvalue weighted by Gasteiger charge is 2.04. The Morgan fingerprint density at radius 2 is 1.56 bits per heavy atom. The molecule has 3 aromatic rings. The Kier molecular flexibility index (Phi) is 5.30. The third-order valence-electron chi connectivity index (χ3n) is 4.48. The lowest BCUT2D eigenvalue weighted by Crippen LogP contribution is -2.21. The van der Waals surface area contributed by atoms with Gasteiger partial charge in [-0.25, -0.2) is 0 Å². The van der Waals surface area contributed by atoms with Crippen molar-refractivity contribution in [1.29, 1.82) is 0 Å². The SMILES string of the molecule is CCN(CC)c1ccc(/C=C/C(=O)c2ccc3ccccc3c2)cc1. The zero-order chi connectivity index (χ0) is 17.6. The molecule has 0 aliphatic carbocycles. The molecule has 0 amide bonds. The van der Waals surface area contributed by atoms with Crippen LogP contribution in [0.5, 0.6) is 0 Å². The Labute approximate surface area is 149 Å². The highest BCUT2D eigenvalue weighted by molar-refractivity contribution is 6.08. The maximum atomic E-state index is 12.4. The second kappa shape index (κ2) is 7.80. The topological polar surface area (TPSA) is 20.3 Å². The standard InChI is InChI=1S/C23H23NO/c1-3-24(4-2)22-14-9-18(10-15-22)11-16-23(25)21-13-12-19-7-5-6-8-20(19)17-21/h5-17H,3-4H2,1-2H3/b16-11+. The third-order valence-corrected chi connectivity index (χ3v) is 4.48. The number of benzene rings is 3. The van der Waals surface area contributed by atoms with Gasteiger partial charge in [0.25, 0.3) is 0 Å². The molecule has 0 atom stereocenters. The molecule has 25 heavy (non-hydrogen) atoms. The van der Waals surface area contributed by atoms with E-state index in [0.717, 1.165) is 35.0 Å². The Bertz CT molecular complexity index is 889. The highest BCUT2D eigenvalue weighted by Crippen LogP contribution is 2.18. The van der Waals surface area contributed by atoms with Gasteiger partial charge in [-0.2, -0.15) is 0 Å². The Hall–Kier alpha value is -2.87. The summed E-state index contributed by atoms with van der Waals surface area (Å²) in [4.78, 5) is 14.7. The number of ketones is 1. The molecular formula is C23H23NO. The van der Waals surface area contributed by atoms with Crippen LogP contribution in [-0.4, -0.2) is 18.9 Å². The zero-order valence-corrected chi connectivity index (χ0v) is 14.8. The van der Waals surface area contributed by atoms with Gasteiger partial charge in [0.1, 0.15) is 0 Å². The lowest BCUT2D eigenvalue weighted by molar-refractivity contribution is 0.104. The number of carbonyl (C=O) groups is 1. The van der Waals surface area contributed by atoms with E-state index in [0.29, 0.717) is 0 Å². The fourth-order valence-electron chi connectivity index (χ4n) is 3.00. The predicted molar refractivity (Wildman–Crippen MR) is 107 cm³/mol. The van der Waals surface area contributed by atoms with Crippen LogP contribution in [0.2, 0.25) is 0 Å². The van der Waals surface area contributed by atoms with Crippen LogP contribution in [0.3, 0.4) is 0 Å². The van der Waals surface area contributed by atoms with Crippen LogP contribution in [0.25, 0.3) is 16.8 Å². The smallest absolute Gasteiger partial charge is 0.185 e. The van der Waals surface area contributed by atoms with Crippen LogP contribution < -0.4 is 4.90 Å². The van der Waals surface area contributed by atoms with Gasteiger partial charge in [-0.15, -0.1) is 0 Å². The van der Waals surface area contributed by atoms with Gasteiger partial charge in [-0.3, -0.25) is 4.79 Å². The van der Waals surface area contributed by atoms with Crippen molar-refractivity contribution in [1.82, 2.24) is 0 Å². The monoisotopic (exact) mass is 329 g/mol. The van der Waals surface area contributed by atoms with Crippen molar-refractivity contribution in [2.75, 3.05) is 18.0 Å². The van der Waals surface area contributed by atoms with Gasteiger partial charge in [0.2, 0.25) is 0 Å². The molecule has 0 aromatic heterocycles. The van der Waals surface area contributed by atoms with Gasteiger partial charge < -0.3 is 4.90 Å². The van der Waals surface area contributed by atoms with Crippen LogP contribution in [0, 0.1) is 0 Å². The first-order valence-electron chi connectivity index (χ1n) is 8.77. The molecule has 2 nitrogen and oxygen atoms in total. The number of allylic oxidation sites excluding steroid dienone is 1. The summed E-state index contributed by atoms with van der Waals surface area (Å²) >= 11 is 0. The summed E-state index contributed by atoms with van der Waals surface area (Å²) in [5, 5.41) is 2.24. The molecule has 0 fully saturated rings. The van der Waals surface area contributed by atoms with E-state index in [9.17, 15) is 4.79 Å². The molecule has 3 rings (SSSR count). The van der Waals surface area contributed by atoms with E-state index in [1.807, 2.05) is 42.5 Å². The maximum Gasteiger partial charge on any atom is 0.185 e. The van der Waals surface area contributed by atoms with E-state index in [2.05, 4.69) is 49.1 Å². The number of hydrogen-bond donors (Lipinski definition) is 0. The van der Waals surface area contributed by atoms with Crippen molar-refractivity contribution < 1.29 is 4.79 Å². The first-order chi connectivity index (χ1) is 12.2. The number of fused-ring (bicyclic) bond motifs is 1. The molecule has 3 aromatic carbocycles. The van der Waals surface area contributed by atoms with Gasteiger partial charge in [-0.1, -0.05) is 54.6 Å². The molecular weight excluding hydrogens is 306 g/mol. The summed E-state index contributed by atoms with van der Waals surface area (Å²) in [5.41, 5.74) is 2.96. The Balaban J connectivity index is 1.75. The molecule has 2 heteroatoms. The van der Waals surface area contributed by atoms with Crippen molar-refractivity contribution >= 4 is 28.3 Å². The summed E-state index contributed by atoms with van der Waals surface area (Å²) in [6.45, 7) is 6.29. The number of carbonyl (C=O) groups excluding carboxylic acids is 1. The van der Waals surface area contributed by atoms with Crippen LogP contribution >= 0.6 is 0 Å². The maximum absolute atomic E-state index is 12.4. The number of anilines is 1. The zero-order valence-electron chi connectivity index (χ0n) is 14.8. The van der Waals surface area contributed by atoms with Gasteiger partial charge >= 0.3 is 0 Å². The van der Waals surface area contributed by atoms with Gasteiger partial charge in [0, 0.05) is 24.3 Å². The molecule has 0 radical (unpaired) electrons. The fraction of sp³-hybridized carbons (Fsp3) is 0.174. The van der Waals surface area contributed by atoms with Crippen LogP contribution in [0.15, 0.2) is 72.8 Å². The average molecular weight is 329 g/mol. The van der Waals surface area contributed by atoms with E-state index in [4.69, 9.17) is 0 Å². The Morgan fingerprint density at radius 3 is 2.24 bits per heavy atom. The number of rotatable bonds is 6. The average Bonchev–Trinajstić information content (AvgIpc) is 2.67. The molecule has 0 bridgehead atoms. The first-order valence-corrected chi connectivity index (χ1v) is 8.77. The second-order valence-corrected chi connectivity index (χ2v) is 6.02. The summed E-state index contributed by atoms with van der Waals surface area (Å²) in [6, 6.07) is 22.2. The minimum absolute atomic E-state index is 0.0265. The van der Waals surface area contributed by atoms with Crippen molar-refractivity contribution in [2.45, 2.75) is 13.8 Å². The third kappa shape index (κ3) is 3.97. The van der Waals surface area contributed by atoms with E-state index in [1.165, 1.54) is 5.69 Å². The molecule has 0 aliphatic rings. The molecule has 0 heterocycles. The van der Waals surface area contributed by atoms with E-state index < -0.39 is 0 Å². The van der Waals surface area contributed by atoms with E-state index in [-0.39, 0.29) is 5.78 Å². The number of hydrogen-bond acceptors (Lipinski definition) is 2. The summed E-state index contributed by atoms with van der Waals surface area (Å²) in [6.07, 6.45) is 3.53. The van der Waals surface area contributed by atoms with Gasteiger partial charge in [0.15, 0.2) is 5.78 Å². The highest BCUT2D eigenvalue weighted by atomic mass is 16.1. The minimum Gasteiger partial charge on any atom is -0.372 e. The first kappa shape index (κ1) is 17.0. The summed E-state index contributed by atoms with van der Waals surface area (Å²) in [5.74, 6) is 0.0265. The second-order valence-electron chi connectivity index (χ2n) is 6.02. The summed E-state index contributed by atoms with van der Waals surface area (Å²) in [7, 11) is 0. The molecule has 0 saturated carbocycles. The van der Waals surface area contributed by atoms with E-state index >= 15 is 0 Å². The Morgan fingerprint density at radius 1 is 0.880 bits per heavy atom. The van der Waals surface area contributed by atoms with Crippen LogP contribution in [-0.2, 0) is 0 Å². The quantitative estimate of drug-likeness (QED) is 0.434. The lowest BCUT2D eigenvalue weighted by Gasteiger charge is -2.20. The van der Waals surface area contributed by atoms with Crippen molar-refractivity contribution in [3.8, 4) is 0 Å². The molecule has 126 valence electrons. The minimum atomic E-state index is 0.0265. The fourth-order valence-corrected chi connectivity index (χ4v) is 3.00. The van der Waals surface area contributed by atoms with Gasteiger partial charge in [0.05, 0.1) is 0 Å². The van der Waals surface area contributed by atoms with E-state index in [1.54, 1.807) is 6.08 Å². The molecule has 0 N–H and O–H groups in total. The molecule has 0 saturated heterocycles. The van der Waals surface area contributed by atoms with Gasteiger partial charge in [-0.05, 0) is 54.5 Å². The molecule has 0 aliphatic heterocycles.